The predicted octanol–water partition coefficient (Wildman–Crippen LogP) is 22.5. The van der Waals surface area contributed by atoms with Crippen molar-refractivity contribution in [2.75, 3.05) is 13.2 Å². The number of aliphatic hydroxyl groups is 2. The average molecular weight is 1380 g/mol. The summed E-state index contributed by atoms with van der Waals surface area (Å²) in [6, 6.07) is 46.3. The molecule has 0 saturated carbocycles. The van der Waals surface area contributed by atoms with Crippen molar-refractivity contribution in [3.05, 3.63) is 238 Å². The van der Waals surface area contributed by atoms with E-state index >= 15 is 26.3 Å². The SMILES string of the molecule is CC(C)(C)c1ccc2c(c1)c1cc(C(C)(C)C)ccc1n2-c1csc(-c2cc(F)c(F)c(F)c2[OH+]CCCC[OH+]c2c(-c3scc(-n4c5ccc(C(C)(C)C)cc5c5cc(C(C)(C)C)ccc54)c3O)cc(F)c(F)c2F)c1O.[CH2-]c1ccccc1.[CH2-]c1ccccc1.[Zr]. The van der Waals surface area contributed by atoms with Crippen molar-refractivity contribution in [3.8, 4) is 55.3 Å². The fraction of sp³-hybridized carbons (Fsp3) is 0.256. The number of benzene rings is 8. The summed E-state index contributed by atoms with van der Waals surface area (Å²) in [4.78, 5) is 0.154. The van der Waals surface area contributed by atoms with Crippen LogP contribution in [0.2, 0.25) is 0 Å². The Labute approximate surface area is 568 Å². The van der Waals surface area contributed by atoms with Gasteiger partial charge < -0.3 is 28.8 Å². The fourth-order valence-electron chi connectivity index (χ4n) is 11.2. The molecule has 4 N–H and O–H groups in total. The summed E-state index contributed by atoms with van der Waals surface area (Å²) < 4.78 is 105. The van der Waals surface area contributed by atoms with E-state index in [9.17, 15) is 10.2 Å². The second kappa shape index (κ2) is 27.2. The molecule has 4 heterocycles. The Morgan fingerprint density at radius 3 is 0.925 bits per heavy atom. The second-order valence-electron chi connectivity index (χ2n) is 27.4. The van der Waals surface area contributed by atoms with Gasteiger partial charge in [-0.3, -0.25) is 0 Å². The number of thiophene rings is 2. The maximum Gasteiger partial charge on any atom is 0.303 e. The smallest absolute Gasteiger partial charge is 0.303 e. The summed E-state index contributed by atoms with van der Waals surface area (Å²) in [5, 5.41) is 31.4. The van der Waals surface area contributed by atoms with Crippen molar-refractivity contribution < 1.29 is 72.2 Å². The normalized spacial score (nSPS) is 12.0. The van der Waals surface area contributed by atoms with Crippen molar-refractivity contribution in [1.82, 2.24) is 9.13 Å². The summed E-state index contributed by atoms with van der Waals surface area (Å²) in [6.07, 6.45) is 0.350. The number of aromatic nitrogens is 2. The van der Waals surface area contributed by atoms with Gasteiger partial charge in [0.05, 0.1) is 54.3 Å². The Hall–Kier alpha value is -7.84. The van der Waals surface area contributed by atoms with Crippen LogP contribution in [-0.2, 0) is 47.9 Å². The molecule has 0 bridgehead atoms. The van der Waals surface area contributed by atoms with Crippen molar-refractivity contribution in [2.24, 2.45) is 0 Å². The zero-order valence-electron chi connectivity index (χ0n) is 54.5. The molecule has 12 rings (SSSR count). The van der Waals surface area contributed by atoms with Crippen LogP contribution in [0.15, 0.2) is 156 Å². The first-order chi connectivity index (χ1) is 43.3. The van der Waals surface area contributed by atoms with Crippen LogP contribution in [0, 0.1) is 48.8 Å². The van der Waals surface area contributed by atoms with Crippen molar-refractivity contribution in [3.63, 3.8) is 0 Å². The Morgan fingerprint density at radius 1 is 0.398 bits per heavy atom. The number of hydrogen-bond donors (Lipinski definition) is 2. The third-order valence-electron chi connectivity index (χ3n) is 16.5. The van der Waals surface area contributed by atoms with E-state index in [1.165, 1.54) is 0 Å². The number of fused-ring (bicyclic) bond motifs is 6. The van der Waals surface area contributed by atoms with Gasteiger partial charge in [0.15, 0.2) is 36.3 Å². The molecule has 8 aromatic carbocycles. The van der Waals surface area contributed by atoms with Gasteiger partial charge in [0.25, 0.3) is 11.6 Å². The van der Waals surface area contributed by atoms with Crippen LogP contribution in [0.1, 0.15) is 129 Å². The average Bonchev–Trinajstić information content (AvgIpc) is 1.59. The van der Waals surface area contributed by atoms with E-state index in [0.717, 1.165) is 112 Å². The molecule has 93 heavy (non-hydrogen) atoms. The monoisotopic (exact) mass is 1370 g/mol. The first-order valence-corrected chi connectivity index (χ1v) is 32.4. The summed E-state index contributed by atoms with van der Waals surface area (Å²) in [5.74, 6) is -10.9. The van der Waals surface area contributed by atoms with Crippen molar-refractivity contribution >= 4 is 66.3 Å². The Morgan fingerprint density at radius 2 is 0.677 bits per heavy atom. The van der Waals surface area contributed by atoms with Crippen LogP contribution >= 0.6 is 22.7 Å². The van der Waals surface area contributed by atoms with Crippen LogP contribution in [0.25, 0.3) is 75.9 Å². The molecule has 0 atom stereocenters. The Bertz CT molecular complexity index is 4260. The number of aromatic hydroxyl groups is 4. The molecule has 0 saturated heterocycles. The first-order valence-electron chi connectivity index (χ1n) is 30.6. The van der Waals surface area contributed by atoms with Crippen LogP contribution < -0.4 is 0 Å². The second-order valence-corrected chi connectivity index (χ2v) is 29.2. The molecule has 0 aliphatic rings. The van der Waals surface area contributed by atoms with Crippen LogP contribution in [0.4, 0.5) is 26.3 Å². The van der Waals surface area contributed by atoms with Gasteiger partial charge >= 0.3 is 11.5 Å². The van der Waals surface area contributed by atoms with Gasteiger partial charge in [-0.25, -0.2) is 17.6 Å². The van der Waals surface area contributed by atoms with E-state index in [1.54, 1.807) is 10.8 Å². The maximum atomic E-state index is 15.9. The molecule has 0 aliphatic carbocycles. The molecular weight excluding hydrogens is 1300 g/mol. The first kappa shape index (κ1) is 69.5. The van der Waals surface area contributed by atoms with Crippen molar-refractivity contribution in [2.45, 2.75) is 118 Å². The molecule has 0 unspecified atom stereocenters. The molecule has 0 amide bonds. The zero-order chi connectivity index (χ0) is 66.5. The van der Waals surface area contributed by atoms with E-state index in [1.807, 2.05) is 94.1 Å². The molecule has 15 heteroatoms. The number of halogens is 6. The van der Waals surface area contributed by atoms with Gasteiger partial charge in [0, 0.05) is 71.4 Å². The van der Waals surface area contributed by atoms with Crippen LogP contribution in [0.5, 0.6) is 23.0 Å². The molecule has 482 valence electrons. The molecule has 0 fully saturated rings. The van der Waals surface area contributed by atoms with Crippen molar-refractivity contribution in [1.29, 1.82) is 0 Å². The van der Waals surface area contributed by atoms with Gasteiger partial charge in [0.2, 0.25) is 11.6 Å². The van der Waals surface area contributed by atoms with Gasteiger partial charge in [-0.05, 0) is 105 Å². The largest absolute Gasteiger partial charge is 0.580 e. The summed E-state index contributed by atoms with van der Waals surface area (Å²) >= 11 is 2.07. The van der Waals surface area contributed by atoms with Gasteiger partial charge in [-0.1, -0.05) is 119 Å². The van der Waals surface area contributed by atoms with Gasteiger partial charge in [-0.2, -0.15) is 58.0 Å². The van der Waals surface area contributed by atoms with E-state index in [2.05, 4.69) is 155 Å². The minimum absolute atomic E-state index is 0. The van der Waals surface area contributed by atoms with E-state index in [-0.39, 0.29) is 106 Å². The van der Waals surface area contributed by atoms with Crippen LogP contribution in [-0.4, -0.2) is 42.0 Å². The molecule has 6 nitrogen and oxygen atoms in total. The summed E-state index contributed by atoms with van der Waals surface area (Å²) in [7, 11) is 0. The number of ether oxygens (including phenoxy) is 2. The Balaban J connectivity index is 0.000000602. The topological polar surface area (TPSA) is 75.9 Å². The predicted molar refractivity (Wildman–Crippen MR) is 370 cm³/mol. The molecule has 4 aromatic heterocycles. The number of hydrogen-bond acceptors (Lipinski definition) is 4. The fourth-order valence-corrected chi connectivity index (χ4v) is 13.1. The van der Waals surface area contributed by atoms with E-state index < -0.39 is 46.4 Å². The maximum absolute atomic E-state index is 15.9. The minimum atomic E-state index is -1.72. The van der Waals surface area contributed by atoms with E-state index in [4.69, 9.17) is 0 Å². The number of nitrogens with zero attached hydrogens (tertiary/aromatic N) is 2. The zero-order valence-corrected chi connectivity index (χ0v) is 58.6. The standard InChI is InChI=1S/C64H62F6N2O4S2.2C7H7.Zr/c1-61(2,3)33-15-19-45-37(25-33)38-26-34(62(4,5)6)16-20-46(38)71(45)49-31-77-59(55(49)73)41-29-43(65)51(67)53(69)57(41)75-23-13-14-24-76-58-42(30-44(66)52(68)54(58)70)60-56(74)50(32-78-60)72-47-21-17-35(63(7,8)9)27-39(47)40-28-36(64(10,11)12)18-22-48(40)72;2*1-7-5-3-2-4-6-7;/h15-22,25-32,73-74H,13-14,23-24H2,1-12H3;2*2-6H,1H2;/q;2*-1;/p+2. The molecule has 0 radical (unpaired) electrons. The molecule has 0 aliphatic heterocycles. The van der Waals surface area contributed by atoms with Crippen LogP contribution in [0.3, 0.4) is 0 Å². The third-order valence-corrected chi connectivity index (χ3v) is 18.5. The van der Waals surface area contributed by atoms with E-state index in [0.29, 0.717) is 11.4 Å². The summed E-state index contributed by atoms with van der Waals surface area (Å²) in [5.41, 5.74) is 9.72. The minimum Gasteiger partial charge on any atom is -0.580 e. The molecule has 12 aromatic rings. The van der Waals surface area contributed by atoms with Gasteiger partial charge in [0.1, 0.15) is 0 Å². The third kappa shape index (κ3) is 14.3. The quantitative estimate of drug-likeness (QED) is 0.0445. The molecule has 0 spiro atoms. The Kier molecular flexibility index (Phi) is 20.4. The molecular formula is C78H78F6N2O4S2Zr. The number of rotatable bonds is 11. The summed E-state index contributed by atoms with van der Waals surface area (Å²) in [6.45, 7) is 32.9. The van der Waals surface area contributed by atoms with Gasteiger partial charge in [-0.15, -0.1) is 46.9 Å². The number of unbranched alkanes of at least 4 members (excludes halogenated alkanes) is 1.